The van der Waals surface area contributed by atoms with Gasteiger partial charge in [-0.05, 0) is 35.7 Å². The summed E-state index contributed by atoms with van der Waals surface area (Å²) in [5, 5.41) is 10.3. The van der Waals surface area contributed by atoms with Crippen molar-refractivity contribution in [2.75, 3.05) is 14.2 Å². The van der Waals surface area contributed by atoms with E-state index < -0.39 is 11.9 Å². The average Bonchev–Trinajstić information content (AvgIpc) is 2.49. The number of aliphatic hydroxyl groups excluding tert-OH is 1. The van der Waals surface area contributed by atoms with Gasteiger partial charge in [-0.3, -0.25) is 0 Å². The standard InChI is InChI=1S/C17H19FO3/c1-11-7-8-12(10-16(11)21-3)14(19)9-13-5-4-6-15(20-2)17(13)18/h4-8,10,14,19H,9H2,1-3H3. The van der Waals surface area contributed by atoms with Gasteiger partial charge in [0.1, 0.15) is 5.75 Å². The maximum absolute atomic E-state index is 14.1. The molecule has 0 aliphatic rings. The van der Waals surface area contributed by atoms with Gasteiger partial charge in [0.05, 0.1) is 20.3 Å². The summed E-state index contributed by atoms with van der Waals surface area (Å²) < 4.78 is 24.3. The second-order valence-corrected chi connectivity index (χ2v) is 4.88. The predicted octanol–water partition coefficient (Wildman–Crippen LogP) is 3.43. The number of benzene rings is 2. The zero-order valence-corrected chi connectivity index (χ0v) is 12.4. The van der Waals surface area contributed by atoms with Gasteiger partial charge in [0, 0.05) is 6.42 Å². The molecule has 0 radical (unpaired) electrons. The first-order valence-corrected chi connectivity index (χ1v) is 6.70. The number of hydrogen-bond donors (Lipinski definition) is 1. The van der Waals surface area contributed by atoms with E-state index >= 15 is 0 Å². The van der Waals surface area contributed by atoms with E-state index in [2.05, 4.69) is 0 Å². The van der Waals surface area contributed by atoms with Crippen molar-refractivity contribution in [3.63, 3.8) is 0 Å². The van der Waals surface area contributed by atoms with Gasteiger partial charge in [0.15, 0.2) is 11.6 Å². The number of aliphatic hydroxyl groups is 1. The quantitative estimate of drug-likeness (QED) is 0.917. The number of aryl methyl sites for hydroxylation is 1. The number of methoxy groups -OCH3 is 2. The normalized spacial score (nSPS) is 12.0. The van der Waals surface area contributed by atoms with Crippen LogP contribution in [0.15, 0.2) is 36.4 Å². The third kappa shape index (κ3) is 3.34. The van der Waals surface area contributed by atoms with Crippen LogP contribution in [0.3, 0.4) is 0 Å². The third-order valence-electron chi connectivity index (χ3n) is 3.49. The van der Waals surface area contributed by atoms with Gasteiger partial charge in [-0.25, -0.2) is 4.39 Å². The van der Waals surface area contributed by atoms with Crippen LogP contribution in [0, 0.1) is 12.7 Å². The van der Waals surface area contributed by atoms with Gasteiger partial charge in [-0.1, -0.05) is 24.3 Å². The Labute approximate surface area is 124 Å². The Morgan fingerprint density at radius 1 is 1.10 bits per heavy atom. The van der Waals surface area contributed by atoms with Crippen LogP contribution < -0.4 is 9.47 Å². The Bertz CT molecular complexity index is 625. The van der Waals surface area contributed by atoms with Crippen molar-refractivity contribution >= 4 is 0 Å². The molecule has 0 aromatic heterocycles. The number of ether oxygens (including phenoxy) is 2. The first kappa shape index (κ1) is 15.3. The van der Waals surface area contributed by atoms with E-state index in [1.165, 1.54) is 7.11 Å². The van der Waals surface area contributed by atoms with Crippen molar-refractivity contribution < 1.29 is 19.0 Å². The fourth-order valence-electron chi connectivity index (χ4n) is 2.24. The molecule has 2 aromatic rings. The first-order chi connectivity index (χ1) is 10.1. The average molecular weight is 290 g/mol. The van der Waals surface area contributed by atoms with Gasteiger partial charge < -0.3 is 14.6 Å². The van der Waals surface area contributed by atoms with Crippen LogP contribution in [-0.4, -0.2) is 19.3 Å². The summed E-state index contributed by atoms with van der Waals surface area (Å²) >= 11 is 0. The van der Waals surface area contributed by atoms with Crippen molar-refractivity contribution in [3.05, 3.63) is 58.9 Å². The lowest BCUT2D eigenvalue weighted by Crippen LogP contribution is -2.05. The molecular formula is C17H19FO3. The zero-order chi connectivity index (χ0) is 15.4. The Hall–Kier alpha value is -2.07. The molecule has 0 spiro atoms. The summed E-state index contributed by atoms with van der Waals surface area (Å²) in [6, 6.07) is 10.4. The van der Waals surface area contributed by atoms with Gasteiger partial charge in [-0.2, -0.15) is 0 Å². The minimum absolute atomic E-state index is 0.176. The van der Waals surface area contributed by atoms with Crippen molar-refractivity contribution in [2.45, 2.75) is 19.4 Å². The molecule has 1 atom stereocenters. The molecule has 1 N–H and O–H groups in total. The maximum atomic E-state index is 14.1. The molecule has 4 heteroatoms. The Kier molecular flexibility index (Phi) is 4.81. The fourth-order valence-corrected chi connectivity index (χ4v) is 2.24. The molecule has 0 aliphatic heterocycles. The van der Waals surface area contributed by atoms with Gasteiger partial charge in [-0.15, -0.1) is 0 Å². The molecule has 21 heavy (non-hydrogen) atoms. The van der Waals surface area contributed by atoms with E-state index in [1.807, 2.05) is 19.1 Å². The van der Waals surface area contributed by atoms with E-state index in [9.17, 15) is 9.50 Å². The monoisotopic (exact) mass is 290 g/mol. The highest BCUT2D eigenvalue weighted by atomic mass is 19.1. The minimum Gasteiger partial charge on any atom is -0.496 e. The highest BCUT2D eigenvalue weighted by Crippen LogP contribution is 2.28. The minimum atomic E-state index is -0.805. The van der Waals surface area contributed by atoms with Crippen LogP contribution in [-0.2, 0) is 6.42 Å². The molecule has 0 bridgehead atoms. The van der Waals surface area contributed by atoms with E-state index in [4.69, 9.17) is 9.47 Å². The molecule has 0 saturated carbocycles. The number of halogens is 1. The smallest absolute Gasteiger partial charge is 0.168 e. The SMILES string of the molecule is COc1cc(C(O)Cc2cccc(OC)c2F)ccc1C. The Balaban J connectivity index is 2.24. The lowest BCUT2D eigenvalue weighted by molar-refractivity contribution is 0.176. The fraction of sp³-hybridized carbons (Fsp3) is 0.294. The van der Waals surface area contributed by atoms with Crippen LogP contribution in [0.25, 0.3) is 0 Å². The van der Waals surface area contributed by atoms with Crippen LogP contribution in [0.4, 0.5) is 4.39 Å². The van der Waals surface area contributed by atoms with Crippen molar-refractivity contribution in [3.8, 4) is 11.5 Å². The van der Waals surface area contributed by atoms with Crippen molar-refractivity contribution in [1.82, 2.24) is 0 Å². The Morgan fingerprint density at radius 3 is 2.48 bits per heavy atom. The van der Waals surface area contributed by atoms with Gasteiger partial charge in [0.2, 0.25) is 0 Å². The van der Waals surface area contributed by atoms with Crippen LogP contribution in [0.2, 0.25) is 0 Å². The molecule has 3 nitrogen and oxygen atoms in total. The predicted molar refractivity (Wildman–Crippen MR) is 79.3 cm³/mol. The molecule has 0 saturated heterocycles. The molecule has 112 valence electrons. The molecule has 0 aliphatic carbocycles. The van der Waals surface area contributed by atoms with E-state index in [0.717, 1.165) is 5.56 Å². The van der Waals surface area contributed by atoms with Crippen molar-refractivity contribution in [1.29, 1.82) is 0 Å². The Morgan fingerprint density at radius 2 is 1.81 bits per heavy atom. The highest BCUT2D eigenvalue weighted by molar-refractivity contribution is 5.38. The summed E-state index contributed by atoms with van der Waals surface area (Å²) in [6.45, 7) is 1.93. The summed E-state index contributed by atoms with van der Waals surface area (Å²) in [6.07, 6.45) is -0.629. The second kappa shape index (κ2) is 6.59. The third-order valence-corrected chi connectivity index (χ3v) is 3.49. The summed E-state index contributed by atoms with van der Waals surface area (Å²) in [4.78, 5) is 0. The number of hydrogen-bond acceptors (Lipinski definition) is 3. The van der Waals surface area contributed by atoms with E-state index in [1.54, 1.807) is 31.4 Å². The van der Waals surface area contributed by atoms with Gasteiger partial charge in [0.25, 0.3) is 0 Å². The van der Waals surface area contributed by atoms with Crippen molar-refractivity contribution in [2.24, 2.45) is 0 Å². The first-order valence-electron chi connectivity index (χ1n) is 6.70. The molecular weight excluding hydrogens is 271 g/mol. The summed E-state index contributed by atoms with van der Waals surface area (Å²) in [5.74, 6) is 0.456. The second-order valence-electron chi connectivity index (χ2n) is 4.88. The summed E-state index contributed by atoms with van der Waals surface area (Å²) in [7, 11) is 3.00. The molecule has 0 heterocycles. The van der Waals surface area contributed by atoms with Crippen LogP contribution >= 0.6 is 0 Å². The number of rotatable bonds is 5. The van der Waals surface area contributed by atoms with Crippen LogP contribution in [0.1, 0.15) is 22.8 Å². The molecule has 0 amide bonds. The van der Waals surface area contributed by atoms with E-state index in [0.29, 0.717) is 16.9 Å². The topological polar surface area (TPSA) is 38.7 Å². The lowest BCUT2D eigenvalue weighted by atomic mass is 9.99. The molecule has 1 unspecified atom stereocenters. The highest BCUT2D eigenvalue weighted by Gasteiger charge is 2.15. The zero-order valence-electron chi connectivity index (χ0n) is 12.4. The maximum Gasteiger partial charge on any atom is 0.168 e. The van der Waals surface area contributed by atoms with E-state index in [-0.39, 0.29) is 12.2 Å². The molecule has 2 rings (SSSR count). The van der Waals surface area contributed by atoms with Crippen LogP contribution in [0.5, 0.6) is 11.5 Å². The summed E-state index contributed by atoms with van der Waals surface area (Å²) in [5.41, 5.74) is 2.10. The molecule has 2 aromatic carbocycles. The largest absolute Gasteiger partial charge is 0.496 e. The molecule has 0 fully saturated rings. The lowest BCUT2D eigenvalue weighted by Gasteiger charge is -2.15. The van der Waals surface area contributed by atoms with Gasteiger partial charge >= 0.3 is 0 Å².